The first-order valence-corrected chi connectivity index (χ1v) is 7.54. The minimum absolute atomic E-state index is 0.285. The van der Waals surface area contributed by atoms with E-state index in [1.54, 1.807) is 0 Å². The maximum atomic E-state index is 6.31. The monoisotopic (exact) mass is 272 g/mol. The number of anilines is 1. The van der Waals surface area contributed by atoms with Crippen LogP contribution < -0.4 is 10.2 Å². The molecule has 0 saturated heterocycles. The standard InChI is InChI=1S/C13H21ClN2S/c1-10(15-2)12-6-5-11(9-13(12)14)16(3)7-8-17-4/h5-6,9-10,15H,7-8H2,1-4H3. The topological polar surface area (TPSA) is 15.3 Å². The first kappa shape index (κ1) is 14.7. The van der Waals surface area contributed by atoms with Gasteiger partial charge < -0.3 is 10.2 Å². The average molecular weight is 273 g/mol. The number of nitrogens with zero attached hydrogens (tertiary/aromatic N) is 1. The largest absolute Gasteiger partial charge is 0.374 e. The van der Waals surface area contributed by atoms with E-state index in [2.05, 4.69) is 42.6 Å². The summed E-state index contributed by atoms with van der Waals surface area (Å²) in [5, 5.41) is 4.04. The molecule has 1 rings (SSSR count). The fourth-order valence-electron chi connectivity index (χ4n) is 1.62. The molecule has 2 nitrogen and oxygen atoms in total. The molecule has 1 atom stereocenters. The summed E-state index contributed by atoms with van der Waals surface area (Å²) in [4.78, 5) is 2.23. The van der Waals surface area contributed by atoms with Gasteiger partial charge in [0.25, 0.3) is 0 Å². The lowest BCUT2D eigenvalue weighted by molar-refractivity contribution is 0.652. The zero-order valence-corrected chi connectivity index (χ0v) is 12.5. The van der Waals surface area contributed by atoms with Gasteiger partial charge in [0.15, 0.2) is 0 Å². The van der Waals surface area contributed by atoms with Gasteiger partial charge in [-0.05, 0) is 37.9 Å². The third-order valence-electron chi connectivity index (χ3n) is 2.96. The summed E-state index contributed by atoms with van der Waals surface area (Å²) >= 11 is 8.17. The number of halogens is 1. The normalized spacial score (nSPS) is 12.5. The summed E-state index contributed by atoms with van der Waals surface area (Å²) in [5.41, 5.74) is 2.33. The van der Waals surface area contributed by atoms with Crippen LogP contribution in [0.4, 0.5) is 5.69 Å². The Kier molecular flexibility index (Phi) is 6.17. The zero-order valence-electron chi connectivity index (χ0n) is 11.0. The van der Waals surface area contributed by atoms with Crippen molar-refractivity contribution in [2.45, 2.75) is 13.0 Å². The molecule has 0 heterocycles. The highest BCUT2D eigenvalue weighted by molar-refractivity contribution is 7.98. The van der Waals surface area contributed by atoms with Crippen molar-refractivity contribution < 1.29 is 0 Å². The van der Waals surface area contributed by atoms with Gasteiger partial charge >= 0.3 is 0 Å². The summed E-state index contributed by atoms with van der Waals surface area (Å²) in [5.74, 6) is 1.13. The maximum absolute atomic E-state index is 6.31. The van der Waals surface area contributed by atoms with E-state index in [1.165, 1.54) is 5.69 Å². The van der Waals surface area contributed by atoms with E-state index in [-0.39, 0.29) is 6.04 Å². The molecule has 0 aromatic heterocycles. The second-order valence-corrected chi connectivity index (χ2v) is 5.52. The van der Waals surface area contributed by atoms with E-state index in [4.69, 9.17) is 11.6 Å². The van der Waals surface area contributed by atoms with Gasteiger partial charge in [0.2, 0.25) is 0 Å². The second kappa shape index (κ2) is 7.14. The van der Waals surface area contributed by atoms with Crippen LogP contribution in [0.1, 0.15) is 18.5 Å². The Hall–Kier alpha value is -0.380. The summed E-state index contributed by atoms with van der Waals surface area (Å²) in [6.07, 6.45) is 2.12. The fourth-order valence-corrected chi connectivity index (χ4v) is 2.41. The van der Waals surface area contributed by atoms with Gasteiger partial charge in [-0.1, -0.05) is 17.7 Å². The number of hydrogen-bond acceptors (Lipinski definition) is 3. The van der Waals surface area contributed by atoms with E-state index in [0.29, 0.717) is 0 Å². The zero-order chi connectivity index (χ0) is 12.8. The molecule has 1 aromatic rings. The van der Waals surface area contributed by atoms with Crippen molar-refractivity contribution in [1.82, 2.24) is 5.32 Å². The Labute approximate surface area is 114 Å². The highest BCUT2D eigenvalue weighted by Gasteiger charge is 2.09. The Bertz CT molecular complexity index is 357. The fraction of sp³-hybridized carbons (Fsp3) is 0.538. The Morgan fingerprint density at radius 1 is 1.47 bits per heavy atom. The lowest BCUT2D eigenvalue weighted by Gasteiger charge is -2.21. The van der Waals surface area contributed by atoms with Crippen LogP contribution in [0.3, 0.4) is 0 Å². The minimum Gasteiger partial charge on any atom is -0.374 e. The van der Waals surface area contributed by atoms with E-state index in [9.17, 15) is 0 Å². The minimum atomic E-state index is 0.285. The molecule has 0 aliphatic heterocycles. The van der Waals surface area contributed by atoms with E-state index < -0.39 is 0 Å². The van der Waals surface area contributed by atoms with Gasteiger partial charge in [0.05, 0.1) is 0 Å². The molecule has 0 fully saturated rings. The SMILES string of the molecule is CNC(C)c1ccc(N(C)CCSC)cc1Cl. The molecule has 0 spiro atoms. The lowest BCUT2D eigenvalue weighted by atomic mass is 10.1. The van der Waals surface area contributed by atoms with Crippen molar-refractivity contribution in [3.8, 4) is 0 Å². The molecule has 4 heteroatoms. The molecule has 17 heavy (non-hydrogen) atoms. The van der Waals surface area contributed by atoms with Crippen LogP contribution in [0.5, 0.6) is 0 Å². The van der Waals surface area contributed by atoms with Crippen LogP contribution in [0.25, 0.3) is 0 Å². The van der Waals surface area contributed by atoms with Crippen molar-refractivity contribution in [3.63, 3.8) is 0 Å². The molecule has 1 unspecified atom stereocenters. The molecule has 1 N–H and O–H groups in total. The first-order chi connectivity index (χ1) is 8.10. The second-order valence-electron chi connectivity index (χ2n) is 4.13. The van der Waals surface area contributed by atoms with Gasteiger partial charge in [-0.25, -0.2) is 0 Å². The molecule has 0 bridgehead atoms. The third-order valence-corrected chi connectivity index (χ3v) is 3.87. The Morgan fingerprint density at radius 2 is 2.18 bits per heavy atom. The van der Waals surface area contributed by atoms with Crippen molar-refractivity contribution in [3.05, 3.63) is 28.8 Å². The first-order valence-electron chi connectivity index (χ1n) is 5.77. The third kappa shape index (κ3) is 4.09. The highest BCUT2D eigenvalue weighted by atomic mass is 35.5. The summed E-state index contributed by atoms with van der Waals surface area (Å²) in [6.45, 7) is 3.15. The number of rotatable bonds is 6. The average Bonchev–Trinajstić information content (AvgIpc) is 2.34. The van der Waals surface area contributed by atoms with Gasteiger partial charge in [0.1, 0.15) is 0 Å². The summed E-state index contributed by atoms with van der Waals surface area (Å²) < 4.78 is 0. The van der Waals surface area contributed by atoms with Crippen molar-refractivity contribution in [2.24, 2.45) is 0 Å². The Morgan fingerprint density at radius 3 is 2.71 bits per heavy atom. The molecule has 0 aliphatic carbocycles. The lowest BCUT2D eigenvalue weighted by Crippen LogP contribution is -2.20. The van der Waals surface area contributed by atoms with Crippen molar-refractivity contribution >= 4 is 29.1 Å². The summed E-state index contributed by atoms with van der Waals surface area (Å²) in [7, 11) is 4.04. The molecule has 0 radical (unpaired) electrons. The van der Waals surface area contributed by atoms with Gasteiger partial charge in [-0.3, -0.25) is 0 Å². The number of thioether (sulfide) groups is 1. The molecule has 0 amide bonds. The molecule has 1 aromatic carbocycles. The van der Waals surface area contributed by atoms with E-state index in [0.717, 1.165) is 22.9 Å². The quantitative estimate of drug-likeness (QED) is 0.854. The van der Waals surface area contributed by atoms with Crippen molar-refractivity contribution in [2.75, 3.05) is 37.5 Å². The van der Waals surface area contributed by atoms with Gasteiger partial charge in [-0.15, -0.1) is 0 Å². The number of hydrogen-bond donors (Lipinski definition) is 1. The molecule has 0 saturated carbocycles. The molecule has 96 valence electrons. The van der Waals surface area contributed by atoms with E-state index in [1.807, 2.05) is 24.9 Å². The molecular formula is C13H21ClN2S. The van der Waals surface area contributed by atoms with Crippen LogP contribution in [0, 0.1) is 0 Å². The molecule has 0 aliphatic rings. The smallest absolute Gasteiger partial charge is 0.0474 e. The predicted molar refractivity (Wildman–Crippen MR) is 80.6 cm³/mol. The van der Waals surface area contributed by atoms with Gasteiger partial charge in [0, 0.05) is 36.1 Å². The number of nitrogens with one attached hydrogen (secondary N) is 1. The predicted octanol–water partition coefficient (Wildman–Crippen LogP) is 3.42. The Balaban J connectivity index is 2.81. The van der Waals surface area contributed by atoms with Crippen molar-refractivity contribution in [1.29, 1.82) is 0 Å². The van der Waals surface area contributed by atoms with Crippen LogP contribution in [0.15, 0.2) is 18.2 Å². The van der Waals surface area contributed by atoms with Crippen LogP contribution in [0.2, 0.25) is 5.02 Å². The number of benzene rings is 1. The van der Waals surface area contributed by atoms with Crippen LogP contribution in [-0.2, 0) is 0 Å². The molecular weight excluding hydrogens is 252 g/mol. The highest BCUT2D eigenvalue weighted by Crippen LogP contribution is 2.27. The van der Waals surface area contributed by atoms with Crippen LogP contribution >= 0.6 is 23.4 Å². The van der Waals surface area contributed by atoms with Crippen LogP contribution in [-0.4, -0.2) is 32.6 Å². The van der Waals surface area contributed by atoms with Gasteiger partial charge in [-0.2, -0.15) is 11.8 Å². The van der Waals surface area contributed by atoms with E-state index >= 15 is 0 Å². The summed E-state index contributed by atoms with van der Waals surface area (Å²) in [6, 6.07) is 6.57. The maximum Gasteiger partial charge on any atom is 0.0474 e.